The maximum atomic E-state index is 5.67. The molecule has 0 unspecified atom stereocenters. The minimum absolute atomic E-state index is 0.216. The molecule has 0 aliphatic heterocycles. The molecule has 1 fully saturated rings. The van der Waals surface area contributed by atoms with E-state index >= 15 is 0 Å². The molecule has 0 spiro atoms. The molecular weight excluding hydrogens is 116 g/mol. The van der Waals surface area contributed by atoms with Gasteiger partial charge in [0.25, 0.3) is 0 Å². The summed E-state index contributed by atoms with van der Waals surface area (Å²) in [5.41, 5.74) is 5.67. The Morgan fingerprint density at radius 1 is 1.33 bits per heavy atom. The zero-order valence-corrected chi connectivity index (χ0v) is 5.55. The third kappa shape index (κ3) is 1.93. The Balaban J connectivity index is 2.23. The van der Waals surface area contributed by atoms with Crippen molar-refractivity contribution in [3.63, 3.8) is 0 Å². The predicted octanol–water partition coefficient (Wildman–Crippen LogP) is 0.147. The lowest BCUT2D eigenvalue weighted by Gasteiger charge is -2.24. The SMILES string of the molecule is NO[C@@H]1CCC[C@@H](N)C1. The maximum absolute atomic E-state index is 5.67. The van der Waals surface area contributed by atoms with Crippen molar-refractivity contribution < 1.29 is 4.84 Å². The van der Waals surface area contributed by atoms with Gasteiger partial charge < -0.3 is 10.6 Å². The Morgan fingerprint density at radius 2 is 2.11 bits per heavy atom. The normalized spacial score (nSPS) is 36.7. The first-order valence-corrected chi connectivity index (χ1v) is 3.44. The molecule has 0 aromatic carbocycles. The van der Waals surface area contributed by atoms with Crippen LogP contribution in [0.5, 0.6) is 0 Å². The first kappa shape index (κ1) is 6.99. The van der Waals surface area contributed by atoms with Crippen LogP contribution in [0.3, 0.4) is 0 Å². The minimum Gasteiger partial charge on any atom is -0.328 e. The van der Waals surface area contributed by atoms with E-state index < -0.39 is 0 Å². The largest absolute Gasteiger partial charge is 0.328 e. The van der Waals surface area contributed by atoms with Gasteiger partial charge in [-0.3, -0.25) is 0 Å². The summed E-state index contributed by atoms with van der Waals surface area (Å²) in [7, 11) is 0. The van der Waals surface area contributed by atoms with Crippen LogP contribution in [0.1, 0.15) is 25.7 Å². The van der Waals surface area contributed by atoms with E-state index in [1.54, 1.807) is 0 Å². The Kier molecular flexibility index (Phi) is 2.45. The summed E-state index contributed by atoms with van der Waals surface area (Å²) < 4.78 is 0. The Hall–Kier alpha value is -0.120. The minimum atomic E-state index is 0.216. The van der Waals surface area contributed by atoms with Gasteiger partial charge >= 0.3 is 0 Å². The van der Waals surface area contributed by atoms with Gasteiger partial charge in [0.2, 0.25) is 0 Å². The molecule has 1 rings (SSSR count). The number of rotatable bonds is 1. The topological polar surface area (TPSA) is 61.3 Å². The van der Waals surface area contributed by atoms with Crippen molar-refractivity contribution in [1.82, 2.24) is 0 Å². The van der Waals surface area contributed by atoms with Crippen LogP contribution in [0.2, 0.25) is 0 Å². The standard InChI is InChI=1S/C6H14N2O/c7-5-2-1-3-6(4-5)9-8/h5-6H,1-4,7-8H2/t5-,6-/m1/s1. The van der Waals surface area contributed by atoms with Gasteiger partial charge in [0.1, 0.15) is 0 Å². The van der Waals surface area contributed by atoms with Gasteiger partial charge in [0.15, 0.2) is 0 Å². The van der Waals surface area contributed by atoms with Crippen molar-refractivity contribution in [3.8, 4) is 0 Å². The molecule has 3 nitrogen and oxygen atoms in total. The molecule has 4 N–H and O–H groups in total. The van der Waals surface area contributed by atoms with Crippen LogP contribution < -0.4 is 11.6 Å². The summed E-state index contributed by atoms with van der Waals surface area (Å²) in [6.07, 6.45) is 4.50. The highest BCUT2D eigenvalue weighted by Crippen LogP contribution is 2.17. The lowest BCUT2D eigenvalue weighted by atomic mass is 9.94. The quantitative estimate of drug-likeness (QED) is 0.496. The second kappa shape index (κ2) is 3.15. The fourth-order valence-electron chi connectivity index (χ4n) is 1.30. The molecule has 0 aromatic heterocycles. The summed E-state index contributed by atoms with van der Waals surface area (Å²) in [6.45, 7) is 0. The van der Waals surface area contributed by atoms with Gasteiger partial charge in [-0.25, -0.2) is 5.90 Å². The number of nitrogens with two attached hydrogens (primary N) is 2. The van der Waals surface area contributed by atoms with Crippen LogP contribution >= 0.6 is 0 Å². The third-order valence-electron chi connectivity index (χ3n) is 1.86. The van der Waals surface area contributed by atoms with Crippen molar-refractivity contribution in [3.05, 3.63) is 0 Å². The summed E-state index contributed by atoms with van der Waals surface area (Å²) in [5, 5.41) is 0. The van der Waals surface area contributed by atoms with Gasteiger partial charge in [0, 0.05) is 6.04 Å². The highest BCUT2D eigenvalue weighted by molar-refractivity contribution is 4.74. The smallest absolute Gasteiger partial charge is 0.0802 e. The first-order valence-electron chi connectivity index (χ1n) is 3.44. The highest BCUT2D eigenvalue weighted by atomic mass is 16.6. The molecule has 0 radical (unpaired) electrons. The molecule has 1 saturated carbocycles. The molecule has 0 amide bonds. The summed E-state index contributed by atoms with van der Waals surface area (Å²) >= 11 is 0. The van der Waals surface area contributed by atoms with E-state index in [-0.39, 0.29) is 6.10 Å². The zero-order valence-electron chi connectivity index (χ0n) is 5.55. The van der Waals surface area contributed by atoms with Gasteiger partial charge in [-0.15, -0.1) is 0 Å². The van der Waals surface area contributed by atoms with Crippen molar-refractivity contribution in [2.45, 2.75) is 37.8 Å². The molecule has 3 heteroatoms. The van der Waals surface area contributed by atoms with Crippen LogP contribution in [0.15, 0.2) is 0 Å². The van der Waals surface area contributed by atoms with Crippen molar-refractivity contribution in [2.24, 2.45) is 11.6 Å². The summed E-state index contributed by atoms with van der Waals surface area (Å²) in [4.78, 5) is 4.68. The molecule has 54 valence electrons. The first-order chi connectivity index (χ1) is 4.33. The molecule has 0 saturated heterocycles. The van der Waals surface area contributed by atoms with E-state index in [0.29, 0.717) is 6.04 Å². The Labute approximate surface area is 55.3 Å². The van der Waals surface area contributed by atoms with Crippen LogP contribution in [0, 0.1) is 0 Å². The molecular formula is C6H14N2O. The molecule has 2 atom stereocenters. The van der Waals surface area contributed by atoms with E-state index in [9.17, 15) is 0 Å². The van der Waals surface area contributed by atoms with E-state index in [1.807, 2.05) is 0 Å². The van der Waals surface area contributed by atoms with Gasteiger partial charge in [0.05, 0.1) is 6.10 Å². The number of hydrogen-bond acceptors (Lipinski definition) is 3. The van der Waals surface area contributed by atoms with E-state index in [1.165, 1.54) is 0 Å². The Morgan fingerprint density at radius 3 is 2.56 bits per heavy atom. The average Bonchev–Trinajstić information content (AvgIpc) is 1.88. The van der Waals surface area contributed by atoms with Crippen LogP contribution in [0.4, 0.5) is 0 Å². The van der Waals surface area contributed by atoms with Crippen molar-refractivity contribution in [1.29, 1.82) is 0 Å². The fourth-order valence-corrected chi connectivity index (χ4v) is 1.30. The molecule has 0 heterocycles. The highest BCUT2D eigenvalue weighted by Gasteiger charge is 2.18. The lowest BCUT2D eigenvalue weighted by molar-refractivity contribution is 0.0229. The van der Waals surface area contributed by atoms with Crippen molar-refractivity contribution in [2.75, 3.05) is 0 Å². The Bertz CT molecular complexity index is 87.1. The third-order valence-corrected chi connectivity index (χ3v) is 1.86. The number of hydrogen-bond donors (Lipinski definition) is 2. The van der Waals surface area contributed by atoms with E-state index in [4.69, 9.17) is 11.6 Å². The van der Waals surface area contributed by atoms with Gasteiger partial charge in [-0.2, -0.15) is 0 Å². The zero-order chi connectivity index (χ0) is 6.69. The van der Waals surface area contributed by atoms with E-state index in [0.717, 1.165) is 25.7 Å². The average molecular weight is 130 g/mol. The predicted molar refractivity (Wildman–Crippen MR) is 35.5 cm³/mol. The van der Waals surface area contributed by atoms with Crippen LogP contribution in [-0.4, -0.2) is 12.1 Å². The summed E-state index contributed by atoms with van der Waals surface area (Å²) in [6, 6.07) is 0.312. The molecule has 0 aromatic rings. The lowest BCUT2D eigenvalue weighted by Crippen LogP contribution is -2.33. The fraction of sp³-hybridized carbons (Fsp3) is 1.00. The molecule has 1 aliphatic carbocycles. The van der Waals surface area contributed by atoms with E-state index in [2.05, 4.69) is 4.84 Å². The molecule has 1 aliphatic rings. The molecule has 9 heavy (non-hydrogen) atoms. The van der Waals surface area contributed by atoms with Crippen LogP contribution in [0.25, 0.3) is 0 Å². The van der Waals surface area contributed by atoms with Crippen LogP contribution in [-0.2, 0) is 4.84 Å². The van der Waals surface area contributed by atoms with Crippen molar-refractivity contribution >= 4 is 0 Å². The van der Waals surface area contributed by atoms with Gasteiger partial charge in [-0.1, -0.05) is 0 Å². The van der Waals surface area contributed by atoms with Gasteiger partial charge in [-0.05, 0) is 25.7 Å². The maximum Gasteiger partial charge on any atom is 0.0802 e. The summed E-state index contributed by atoms with van der Waals surface area (Å²) in [5.74, 6) is 5.01. The second-order valence-corrected chi connectivity index (χ2v) is 2.68. The molecule has 0 bridgehead atoms. The second-order valence-electron chi connectivity index (χ2n) is 2.68. The monoisotopic (exact) mass is 130 g/mol.